The average Bonchev–Trinajstić information content (AvgIpc) is 3.12. The summed E-state index contributed by atoms with van der Waals surface area (Å²) >= 11 is 5.81. The van der Waals surface area contributed by atoms with E-state index in [1.165, 1.54) is 6.07 Å². The number of aromatic nitrogens is 3. The largest absolute Gasteiger partial charge is 0.294 e. The van der Waals surface area contributed by atoms with Crippen molar-refractivity contribution in [1.82, 2.24) is 19.5 Å². The van der Waals surface area contributed by atoms with Gasteiger partial charge in [0.1, 0.15) is 5.82 Å². The molecule has 2 aromatic heterocycles. The Hall–Kier alpha value is -2.18. The Morgan fingerprint density at radius 2 is 2.04 bits per heavy atom. The van der Waals surface area contributed by atoms with E-state index in [2.05, 4.69) is 10.00 Å². The zero-order valence-electron chi connectivity index (χ0n) is 15.0. The molecule has 0 aliphatic carbocycles. The molecule has 1 fully saturated rings. The molecule has 7 heteroatoms. The number of benzene rings is 1. The Labute approximate surface area is 160 Å². The Morgan fingerprint density at radius 3 is 2.81 bits per heavy atom. The van der Waals surface area contributed by atoms with Crippen LogP contribution in [0.2, 0.25) is 5.02 Å². The molecule has 2 atom stereocenters. The molecule has 1 aromatic carbocycles. The Balaban J connectivity index is 1.51. The molecule has 5 nitrogen and oxygen atoms in total. The summed E-state index contributed by atoms with van der Waals surface area (Å²) in [5.41, 5.74) is 4.25. The summed E-state index contributed by atoms with van der Waals surface area (Å²) in [4.78, 5) is 20.2. The molecule has 3 aromatic rings. The molecule has 0 amide bonds. The molecule has 0 saturated carbocycles. The molecule has 27 heavy (non-hydrogen) atoms. The highest BCUT2D eigenvalue weighted by Gasteiger charge is 2.38. The van der Waals surface area contributed by atoms with Gasteiger partial charge in [0.2, 0.25) is 0 Å². The molecule has 0 unspecified atom stereocenters. The van der Waals surface area contributed by atoms with Gasteiger partial charge >= 0.3 is 0 Å². The molecule has 1 saturated heterocycles. The van der Waals surface area contributed by atoms with E-state index in [9.17, 15) is 9.18 Å². The van der Waals surface area contributed by atoms with Crippen molar-refractivity contribution in [3.63, 3.8) is 0 Å². The number of nitrogens with one attached hydrogen (secondary N) is 1. The van der Waals surface area contributed by atoms with Crippen molar-refractivity contribution >= 4 is 17.2 Å². The summed E-state index contributed by atoms with van der Waals surface area (Å²) in [5, 5.41) is 3.22. The SMILES string of the molecule is Cc1cc2nc3c(c(=O)n2[nH]1)C[C@@H]1CC[C@@H](C3)N1Cc1ccc(Cl)c(F)c1. The number of aromatic amines is 1. The van der Waals surface area contributed by atoms with Crippen LogP contribution < -0.4 is 5.56 Å². The maximum atomic E-state index is 13.8. The van der Waals surface area contributed by atoms with Gasteiger partial charge in [-0.15, -0.1) is 0 Å². The summed E-state index contributed by atoms with van der Waals surface area (Å²) in [6, 6.07) is 7.50. The average molecular weight is 387 g/mol. The highest BCUT2D eigenvalue weighted by molar-refractivity contribution is 6.30. The van der Waals surface area contributed by atoms with Crippen LogP contribution in [-0.2, 0) is 19.4 Å². The number of nitrogens with zero attached hydrogens (tertiary/aromatic N) is 3. The quantitative estimate of drug-likeness (QED) is 0.735. The van der Waals surface area contributed by atoms with Crippen LogP contribution in [-0.4, -0.2) is 31.6 Å². The molecule has 0 radical (unpaired) electrons. The fraction of sp³-hybridized carbons (Fsp3) is 0.400. The number of rotatable bonds is 2. The third-order valence-electron chi connectivity index (χ3n) is 5.91. The summed E-state index contributed by atoms with van der Waals surface area (Å²) in [5.74, 6) is -0.385. The van der Waals surface area contributed by atoms with Gasteiger partial charge in [-0.1, -0.05) is 17.7 Å². The van der Waals surface area contributed by atoms with E-state index in [1.807, 2.05) is 19.1 Å². The summed E-state index contributed by atoms with van der Waals surface area (Å²) < 4.78 is 15.4. The Morgan fingerprint density at radius 1 is 1.26 bits per heavy atom. The predicted molar refractivity (Wildman–Crippen MR) is 102 cm³/mol. The normalized spacial score (nSPS) is 22.2. The van der Waals surface area contributed by atoms with E-state index >= 15 is 0 Å². The van der Waals surface area contributed by atoms with Crippen LogP contribution in [0.1, 0.15) is 35.4 Å². The molecule has 4 heterocycles. The van der Waals surface area contributed by atoms with Gasteiger partial charge in [-0.3, -0.25) is 14.8 Å². The molecular formula is C20H20ClFN4O. The van der Waals surface area contributed by atoms with Crippen molar-refractivity contribution in [1.29, 1.82) is 0 Å². The Bertz CT molecular complexity index is 1110. The van der Waals surface area contributed by atoms with Crippen molar-refractivity contribution in [2.45, 2.75) is 51.2 Å². The summed E-state index contributed by atoms with van der Waals surface area (Å²) in [6.07, 6.45) is 3.58. The minimum absolute atomic E-state index is 0.00753. The molecule has 1 N–H and O–H groups in total. The third kappa shape index (κ3) is 2.78. The topological polar surface area (TPSA) is 53.4 Å². The van der Waals surface area contributed by atoms with Crippen LogP contribution >= 0.6 is 11.6 Å². The van der Waals surface area contributed by atoms with Gasteiger partial charge in [0, 0.05) is 42.4 Å². The van der Waals surface area contributed by atoms with Gasteiger partial charge in [0.15, 0.2) is 5.65 Å². The number of halogens is 2. The van der Waals surface area contributed by atoms with E-state index in [-0.39, 0.29) is 22.4 Å². The van der Waals surface area contributed by atoms with E-state index in [1.54, 1.807) is 10.6 Å². The number of hydrogen-bond acceptors (Lipinski definition) is 3. The maximum Gasteiger partial charge on any atom is 0.276 e. The van der Waals surface area contributed by atoms with Crippen LogP contribution in [0.25, 0.3) is 5.65 Å². The van der Waals surface area contributed by atoms with E-state index in [0.29, 0.717) is 24.7 Å². The van der Waals surface area contributed by atoms with Crippen LogP contribution in [0.5, 0.6) is 0 Å². The van der Waals surface area contributed by atoms with Crippen LogP contribution in [0, 0.1) is 12.7 Å². The standard InChI is InChI=1S/C20H20ClFN4O/c1-11-6-19-23-18-9-14-4-3-13(8-15(18)20(27)26(19)24-11)25(14)10-12-2-5-16(21)17(22)7-12/h2,5-7,13-14,24H,3-4,8-10H2,1H3/t13-,14-/m0/s1. The van der Waals surface area contributed by atoms with E-state index < -0.39 is 0 Å². The van der Waals surface area contributed by atoms with Crippen molar-refractivity contribution in [3.8, 4) is 0 Å². The number of aryl methyl sites for hydroxylation is 1. The van der Waals surface area contributed by atoms with E-state index in [0.717, 1.165) is 41.8 Å². The monoisotopic (exact) mass is 386 g/mol. The first-order chi connectivity index (χ1) is 13.0. The van der Waals surface area contributed by atoms with Crippen LogP contribution in [0.3, 0.4) is 0 Å². The first-order valence-corrected chi connectivity index (χ1v) is 9.67. The number of H-pyrrole nitrogens is 1. The van der Waals surface area contributed by atoms with Gasteiger partial charge < -0.3 is 0 Å². The lowest BCUT2D eigenvalue weighted by molar-refractivity contribution is 0.187. The van der Waals surface area contributed by atoms with Crippen molar-refractivity contribution in [2.75, 3.05) is 0 Å². The first-order valence-electron chi connectivity index (χ1n) is 9.29. The molecule has 2 aliphatic rings. The lowest BCUT2D eigenvalue weighted by Gasteiger charge is -2.27. The third-order valence-corrected chi connectivity index (χ3v) is 6.22. The molecule has 140 valence electrons. The highest BCUT2D eigenvalue weighted by atomic mass is 35.5. The second-order valence-electron chi connectivity index (χ2n) is 7.69. The van der Waals surface area contributed by atoms with Crippen molar-refractivity contribution < 1.29 is 4.39 Å². The van der Waals surface area contributed by atoms with Gasteiger partial charge in [-0.05, 0) is 43.9 Å². The first kappa shape index (κ1) is 17.0. The van der Waals surface area contributed by atoms with Gasteiger partial charge in [0.05, 0.1) is 10.7 Å². The van der Waals surface area contributed by atoms with Crippen LogP contribution in [0.15, 0.2) is 29.1 Å². The molecule has 2 bridgehead atoms. The van der Waals surface area contributed by atoms with Crippen molar-refractivity contribution in [2.24, 2.45) is 0 Å². The molecule has 0 spiro atoms. The summed E-state index contributed by atoms with van der Waals surface area (Å²) in [6.45, 7) is 2.59. The second-order valence-corrected chi connectivity index (χ2v) is 8.10. The number of fused-ring (bicyclic) bond motifs is 4. The lowest BCUT2D eigenvalue weighted by Crippen LogP contribution is -2.36. The molecule has 2 aliphatic heterocycles. The van der Waals surface area contributed by atoms with E-state index in [4.69, 9.17) is 16.6 Å². The smallest absolute Gasteiger partial charge is 0.276 e. The summed E-state index contributed by atoms with van der Waals surface area (Å²) in [7, 11) is 0. The molecular weight excluding hydrogens is 367 g/mol. The fourth-order valence-electron chi connectivity index (χ4n) is 4.62. The minimum atomic E-state index is -0.385. The van der Waals surface area contributed by atoms with Gasteiger partial charge in [0.25, 0.3) is 5.56 Å². The van der Waals surface area contributed by atoms with Crippen molar-refractivity contribution in [3.05, 3.63) is 68.0 Å². The lowest BCUT2D eigenvalue weighted by atomic mass is 9.98. The number of hydrogen-bond donors (Lipinski definition) is 1. The second kappa shape index (κ2) is 6.17. The minimum Gasteiger partial charge on any atom is -0.294 e. The maximum absolute atomic E-state index is 13.8. The Kier molecular flexibility index (Phi) is 3.88. The highest BCUT2D eigenvalue weighted by Crippen LogP contribution is 2.34. The van der Waals surface area contributed by atoms with Crippen LogP contribution in [0.4, 0.5) is 4.39 Å². The predicted octanol–water partition coefficient (Wildman–Crippen LogP) is 3.26. The van der Waals surface area contributed by atoms with Gasteiger partial charge in [-0.25, -0.2) is 13.9 Å². The molecule has 5 rings (SSSR count). The fourth-order valence-corrected chi connectivity index (χ4v) is 4.74. The van der Waals surface area contributed by atoms with Gasteiger partial charge in [-0.2, -0.15) is 0 Å². The zero-order chi connectivity index (χ0) is 18.7. The zero-order valence-corrected chi connectivity index (χ0v) is 15.8.